The van der Waals surface area contributed by atoms with Gasteiger partial charge in [0, 0.05) is 12.1 Å². The van der Waals surface area contributed by atoms with Crippen LogP contribution in [-0.4, -0.2) is 35.6 Å². The summed E-state index contributed by atoms with van der Waals surface area (Å²) in [7, 11) is 1.61. The highest BCUT2D eigenvalue weighted by Gasteiger charge is 2.43. The Bertz CT molecular complexity index is 717. The van der Waals surface area contributed by atoms with Crippen LogP contribution in [0.1, 0.15) is 41.4 Å². The maximum Gasteiger partial charge on any atom is 0.290 e. The van der Waals surface area contributed by atoms with E-state index in [0.29, 0.717) is 12.3 Å². The minimum atomic E-state index is -1.14. The molecule has 0 spiro atoms. The first kappa shape index (κ1) is 16.6. The molecule has 2 atom stereocenters. The quantitative estimate of drug-likeness (QED) is 0.936. The van der Waals surface area contributed by atoms with E-state index in [2.05, 4.69) is 0 Å². The molecule has 0 unspecified atom stereocenters. The molecule has 0 saturated carbocycles. The highest BCUT2D eigenvalue weighted by atomic mass is 16.5. The molecule has 1 saturated heterocycles. The lowest BCUT2D eigenvalue weighted by Crippen LogP contribution is -2.48. The first-order chi connectivity index (χ1) is 11.4. The fourth-order valence-electron chi connectivity index (χ4n) is 3.44. The van der Waals surface area contributed by atoms with Crippen molar-refractivity contribution in [1.82, 2.24) is 4.90 Å². The predicted molar refractivity (Wildman–Crippen MR) is 90.1 cm³/mol. The van der Waals surface area contributed by atoms with Gasteiger partial charge in [-0.1, -0.05) is 12.1 Å². The van der Waals surface area contributed by atoms with Crippen molar-refractivity contribution in [2.75, 3.05) is 13.7 Å². The summed E-state index contributed by atoms with van der Waals surface area (Å²) in [6.07, 6.45) is 3.14. The number of furan rings is 1. The smallest absolute Gasteiger partial charge is 0.290 e. The van der Waals surface area contributed by atoms with E-state index in [9.17, 15) is 9.90 Å². The van der Waals surface area contributed by atoms with Crippen LogP contribution in [0.15, 0.2) is 41.0 Å². The number of carbonyl (C=O) groups is 1. The number of aliphatic hydroxyl groups is 1. The Morgan fingerprint density at radius 1 is 1.33 bits per heavy atom. The largest absolute Gasteiger partial charge is 0.497 e. The third kappa shape index (κ3) is 2.80. The molecule has 1 N–H and O–H groups in total. The second-order valence-corrected chi connectivity index (χ2v) is 6.47. The van der Waals surface area contributed by atoms with Crippen LogP contribution in [0.5, 0.6) is 5.75 Å². The summed E-state index contributed by atoms with van der Waals surface area (Å²) >= 11 is 0. The Labute approximate surface area is 141 Å². The zero-order valence-electron chi connectivity index (χ0n) is 14.3. The topological polar surface area (TPSA) is 62.9 Å². The maximum absolute atomic E-state index is 12.8. The molecular weight excluding hydrogens is 306 g/mol. The van der Waals surface area contributed by atoms with Gasteiger partial charge in [-0.15, -0.1) is 0 Å². The third-order valence-corrected chi connectivity index (χ3v) is 4.89. The Kier molecular flexibility index (Phi) is 4.37. The van der Waals surface area contributed by atoms with Crippen molar-refractivity contribution in [1.29, 1.82) is 0 Å². The molecule has 0 aliphatic carbocycles. The summed E-state index contributed by atoms with van der Waals surface area (Å²) in [5, 5.41) is 11.2. The van der Waals surface area contributed by atoms with Crippen LogP contribution in [-0.2, 0) is 5.60 Å². The predicted octanol–water partition coefficient (Wildman–Crippen LogP) is 3.11. The molecule has 1 fully saturated rings. The van der Waals surface area contributed by atoms with E-state index in [1.807, 2.05) is 31.2 Å². The van der Waals surface area contributed by atoms with Gasteiger partial charge in [0.2, 0.25) is 0 Å². The first-order valence-corrected chi connectivity index (χ1v) is 8.17. The van der Waals surface area contributed by atoms with Crippen molar-refractivity contribution in [2.24, 2.45) is 0 Å². The van der Waals surface area contributed by atoms with Crippen LogP contribution >= 0.6 is 0 Å². The minimum Gasteiger partial charge on any atom is -0.497 e. The van der Waals surface area contributed by atoms with Gasteiger partial charge in [0.1, 0.15) is 11.4 Å². The van der Waals surface area contributed by atoms with Crippen molar-refractivity contribution in [3.63, 3.8) is 0 Å². The van der Waals surface area contributed by atoms with E-state index in [0.717, 1.165) is 29.7 Å². The summed E-state index contributed by atoms with van der Waals surface area (Å²) in [4.78, 5) is 14.6. The molecule has 1 aromatic heterocycles. The summed E-state index contributed by atoms with van der Waals surface area (Å²) in [6, 6.07) is 8.82. The average molecular weight is 329 g/mol. The number of nitrogens with zero attached hydrogens (tertiary/aromatic N) is 1. The van der Waals surface area contributed by atoms with E-state index >= 15 is 0 Å². The third-order valence-electron chi connectivity index (χ3n) is 4.89. The standard InChI is InChI=1S/C19H23NO4/c1-13-10-12-24-17(13)18(21)20-11-4-5-16(20)19(2,22)14-6-8-15(23-3)9-7-14/h6-10,12,16,22H,4-5,11H2,1-3H3/t16-,19+/m0/s1. The zero-order valence-corrected chi connectivity index (χ0v) is 14.3. The van der Waals surface area contributed by atoms with Gasteiger partial charge in [0.05, 0.1) is 19.4 Å². The Morgan fingerprint density at radius 2 is 2.04 bits per heavy atom. The van der Waals surface area contributed by atoms with Crippen molar-refractivity contribution in [3.05, 3.63) is 53.5 Å². The Balaban J connectivity index is 1.88. The van der Waals surface area contributed by atoms with Gasteiger partial charge in [0.15, 0.2) is 5.76 Å². The SMILES string of the molecule is COc1ccc([C@@](C)(O)[C@@H]2CCCN2C(=O)c2occc2C)cc1. The molecule has 1 aromatic carbocycles. The molecule has 5 heteroatoms. The van der Waals surface area contributed by atoms with Crippen LogP contribution in [0.4, 0.5) is 0 Å². The number of amides is 1. The molecule has 3 rings (SSSR count). The van der Waals surface area contributed by atoms with Gasteiger partial charge >= 0.3 is 0 Å². The highest BCUT2D eigenvalue weighted by molar-refractivity contribution is 5.93. The van der Waals surface area contributed by atoms with E-state index in [-0.39, 0.29) is 11.9 Å². The van der Waals surface area contributed by atoms with Gasteiger partial charge in [0.25, 0.3) is 5.91 Å². The van der Waals surface area contributed by atoms with Crippen molar-refractivity contribution < 1.29 is 19.1 Å². The Morgan fingerprint density at radius 3 is 2.62 bits per heavy atom. The fraction of sp³-hybridized carbons (Fsp3) is 0.421. The monoisotopic (exact) mass is 329 g/mol. The molecule has 1 aliphatic heterocycles. The van der Waals surface area contributed by atoms with Crippen LogP contribution in [0.3, 0.4) is 0 Å². The summed E-state index contributed by atoms with van der Waals surface area (Å²) in [5.74, 6) is 0.932. The van der Waals surface area contributed by atoms with Gasteiger partial charge in [-0.3, -0.25) is 4.79 Å². The second kappa shape index (κ2) is 6.32. The van der Waals surface area contributed by atoms with Crippen molar-refractivity contribution >= 4 is 5.91 Å². The molecule has 5 nitrogen and oxygen atoms in total. The molecule has 2 heterocycles. The minimum absolute atomic E-state index is 0.159. The number of ether oxygens (including phenoxy) is 1. The summed E-state index contributed by atoms with van der Waals surface area (Å²) in [5.41, 5.74) is 0.442. The number of aryl methyl sites for hydroxylation is 1. The van der Waals surface area contributed by atoms with Crippen molar-refractivity contribution in [3.8, 4) is 5.75 Å². The van der Waals surface area contributed by atoms with Crippen LogP contribution in [0, 0.1) is 6.92 Å². The normalized spacial score (nSPS) is 20.0. The number of hydrogen-bond acceptors (Lipinski definition) is 4. The van der Waals surface area contributed by atoms with E-state index in [1.165, 1.54) is 6.26 Å². The first-order valence-electron chi connectivity index (χ1n) is 8.17. The van der Waals surface area contributed by atoms with Gasteiger partial charge in [-0.2, -0.15) is 0 Å². The molecule has 1 aliphatic rings. The lowest BCUT2D eigenvalue weighted by Gasteiger charge is -2.36. The fourth-order valence-corrected chi connectivity index (χ4v) is 3.44. The van der Waals surface area contributed by atoms with Crippen LogP contribution in [0.2, 0.25) is 0 Å². The molecule has 24 heavy (non-hydrogen) atoms. The maximum atomic E-state index is 12.8. The lowest BCUT2D eigenvalue weighted by molar-refractivity contribution is -0.0186. The van der Waals surface area contributed by atoms with Gasteiger partial charge < -0.3 is 19.2 Å². The summed E-state index contributed by atoms with van der Waals surface area (Å²) < 4.78 is 10.5. The van der Waals surface area contributed by atoms with Crippen molar-refractivity contribution in [2.45, 2.75) is 38.3 Å². The number of hydrogen-bond donors (Lipinski definition) is 1. The van der Waals surface area contributed by atoms with Gasteiger partial charge in [-0.25, -0.2) is 0 Å². The average Bonchev–Trinajstić information content (AvgIpc) is 3.23. The van der Waals surface area contributed by atoms with Gasteiger partial charge in [-0.05, 0) is 50.5 Å². The van der Waals surface area contributed by atoms with E-state index in [4.69, 9.17) is 9.15 Å². The van der Waals surface area contributed by atoms with Crippen LogP contribution < -0.4 is 4.74 Å². The molecule has 2 aromatic rings. The number of carbonyl (C=O) groups excluding carboxylic acids is 1. The Hall–Kier alpha value is -2.27. The number of rotatable bonds is 4. The second-order valence-electron chi connectivity index (χ2n) is 6.47. The lowest BCUT2D eigenvalue weighted by atomic mass is 9.86. The number of methoxy groups -OCH3 is 1. The van der Waals surface area contributed by atoms with E-state index in [1.54, 1.807) is 25.0 Å². The van der Waals surface area contributed by atoms with E-state index < -0.39 is 5.60 Å². The molecule has 0 bridgehead atoms. The van der Waals surface area contributed by atoms with Crippen LogP contribution in [0.25, 0.3) is 0 Å². The number of likely N-dealkylation sites (tertiary alicyclic amines) is 1. The molecule has 128 valence electrons. The number of benzene rings is 1. The molecule has 1 amide bonds. The highest BCUT2D eigenvalue weighted by Crippen LogP contribution is 2.36. The summed E-state index contributed by atoms with van der Waals surface area (Å²) in [6.45, 7) is 4.24. The zero-order chi connectivity index (χ0) is 17.3. The molecule has 0 radical (unpaired) electrons. The molecular formula is C19H23NO4.